The summed E-state index contributed by atoms with van der Waals surface area (Å²) in [7, 11) is 1.66. The molecule has 0 spiro atoms. The third-order valence-electron chi connectivity index (χ3n) is 5.67. The molecule has 156 valence electrons. The Balaban J connectivity index is 1.39. The van der Waals surface area contributed by atoms with Gasteiger partial charge < -0.3 is 15.0 Å². The van der Waals surface area contributed by atoms with Gasteiger partial charge >= 0.3 is 0 Å². The molecule has 2 heterocycles. The first-order valence-electron chi connectivity index (χ1n) is 10.5. The maximum absolute atomic E-state index is 12.9. The molecule has 1 saturated heterocycles. The molecule has 0 bridgehead atoms. The summed E-state index contributed by atoms with van der Waals surface area (Å²) in [6, 6.07) is 15.6. The fourth-order valence-electron chi connectivity index (χ4n) is 3.96. The van der Waals surface area contributed by atoms with E-state index < -0.39 is 0 Å². The number of nitrogens with one attached hydrogen (secondary N) is 1. The van der Waals surface area contributed by atoms with Gasteiger partial charge in [0.25, 0.3) is 5.91 Å². The summed E-state index contributed by atoms with van der Waals surface area (Å²) >= 11 is 0. The second kappa shape index (κ2) is 9.11. The van der Waals surface area contributed by atoms with Crippen molar-refractivity contribution in [3.05, 3.63) is 59.7 Å². The Bertz CT molecular complexity index is 952. The van der Waals surface area contributed by atoms with Crippen molar-refractivity contribution in [2.24, 2.45) is 15.9 Å². The Hall–Kier alpha value is -3.15. The van der Waals surface area contributed by atoms with Crippen LogP contribution in [-0.4, -0.2) is 49.7 Å². The molecular weight excluding hydrogens is 376 g/mol. The van der Waals surface area contributed by atoms with Crippen LogP contribution in [0.3, 0.4) is 0 Å². The van der Waals surface area contributed by atoms with Crippen LogP contribution in [0.15, 0.2) is 58.5 Å². The first-order valence-corrected chi connectivity index (χ1v) is 10.5. The lowest BCUT2D eigenvalue weighted by Gasteiger charge is -2.31. The number of carbonyl (C=O) groups excluding carboxylic acids is 1. The quantitative estimate of drug-likeness (QED) is 0.830. The van der Waals surface area contributed by atoms with Gasteiger partial charge in [-0.2, -0.15) is 0 Å². The highest BCUT2D eigenvalue weighted by atomic mass is 16.5. The molecule has 2 unspecified atom stereocenters. The Morgan fingerprint density at radius 3 is 2.73 bits per heavy atom. The van der Waals surface area contributed by atoms with Crippen LogP contribution in [0, 0.1) is 5.92 Å². The van der Waals surface area contributed by atoms with E-state index in [2.05, 4.69) is 22.2 Å². The van der Waals surface area contributed by atoms with E-state index in [4.69, 9.17) is 4.74 Å². The van der Waals surface area contributed by atoms with E-state index in [1.807, 2.05) is 59.6 Å². The number of benzene rings is 2. The van der Waals surface area contributed by atoms with Gasteiger partial charge in [0.15, 0.2) is 0 Å². The van der Waals surface area contributed by atoms with Crippen LogP contribution in [0.2, 0.25) is 0 Å². The van der Waals surface area contributed by atoms with Crippen molar-refractivity contribution in [1.29, 1.82) is 0 Å². The number of nitrogens with zero attached hydrogens (tertiary/aromatic N) is 3. The largest absolute Gasteiger partial charge is 0.497 e. The lowest BCUT2D eigenvalue weighted by Crippen LogP contribution is -2.39. The summed E-state index contributed by atoms with van der Waals surface area (Å²) in [5.41, 5.74) is 2.68. The summed E-state index contributed by atoms with van der Waals surface area (Å²) < 4.78 is 5.21. The van der Waals surface area contributed by atoms with E-state index in [1.165, 1.54) is 6.42 Å². The topological polar surface area (TPSA) is 66.3 Å². The number of amides is 1. The normalized spacial score (nSPS) is 21.1. The number of rotatable bonds is 4. The second-order valence-corrected chi connectivity index (χ2v) is 8.03. The zero-order chi connectivity index (χ0) is 20.9. The number of hydrogen-bond acceptors (Lipinski definition) is 5. The standard InChI is InChI=1S/C24H28N4O2/c1-17-5-4-12-28(16-17)23(29)19-6-3-7-21(13-19)27-24-25-14-20(15-26-24)18-8-10-22(30-2)11-9-18/h3,6-11,13-14,17,20H,4-5,12,15-16H2,1-2H3,(H,26,27). The highest BCUT2D eigenvalue weighted by molar-refractivity contribution is 6.02. The minimum absolute atomic E-state index is 0.0962. The van der Waals surface area contributed by atoms with Gasteiger partial charge in [-0.3, -0.25) is 9.79 Å². The van der Waals surface area contributed by atoms with E-state index in [0.717, 1.165) is 36.5 Å². The Kier molecular flexibility index (Phi) is 6.12. The van der Waals surface area contributed by atoms with E-state index in [-0.39, 0.29) is 11.8 Å². The third-order valence-corrected chi connectivity index (χ3v) is 5.67. The van der Waals surface area contributed by atoms with Gasteiger partial charge in [-0.25, -0.2) is 4.99 Å². The number of hydrogen-bond donors (Lipinski definition) is 1. The van der Waals surface area contributed by atoms with E-state index in [1.54, 1.807) is 7.11 Å². The molecule has 0 aliphatic carbocycles. The fourth-order valence-corrected chi connectivity index (χ4v) is 3.96. The molecule has 0 radical (unpaired) electrons. The fraction of sp³-hybridized carbons (Fsp3) is 0.375. The van der Waals surface area contributed by atoms with Gasteiger partial charge in [-0.15, -0.1) is 0 Å². The number of ether oxygens (including phenoxy) is 1. The molecule has 0 saturated carbocycles. The van der Waals surface area contributed by atoms with E-state index in [0.29, 0.717) is 24.0 Å². The van der Waals surface area contributed by atoms with Crippen molar-refractivity contribution in [3.8, 4) is 5.75 Å². The molecule has 2 aromatic carbocycles. The highest BCUT2D eigenvalue weighted by Gasteiger charge is 2.22. The van der Waals surface area contributed by atoms with Gasteiger partial charge in [-0.05, 0) is 54.7 Å². The molecule has 2 aliphatic heterocycles. The van der Waals surface area contributed by atoms with Crippen LogP contribution in [-0.2, 0) is 0 Å². The molecule has 6 nitrogen and oxygen atoms in total. The lowest BCUT2D eigenvalue weighted by atomic mass is 9.99. The third kappa shape index (κ3) is 4.70. The van der Waals surface area contributed by atoms with E-state index in [9.17, 15) is 4.79 Å². The van der Waals surface area contributed by atoms with Crippen LogP contribution in [0.4, 0.5) is 5.69 Å². The predicted molar refractivity (Wildman–Crippen MR) is 121 cm³/mol. The van der Waals surface area contributed by atoms with Gasteiger partial charge in [0.05, 0.1) is 13.7 Å². The number of guanidine groups is 1. The van der Waals surface area contributed by atoms with Crippen LogP contribution in [0.25, 0.3) is 0 Å². The van der Waals surface area contributed by atoms with Crippen LogP contribution >= 0.6 is 0 Å². The number of methoxy groups -OCH3 is 1. The second-order valence-electron chi connectivity index (χ2n) is 8.03. The summed E-state index contributed by atoms with van der Waals surface area (Å²) in [5.74, 6) is 2.21. The van der Waals surface area contributed by atoms with Gasteiger partial charge in [-0.1, -0.05) is 25.1 Å². The molecule has 1 amide bonds. The maximum atomic E-state index is 12.9. The summed E-state index contributed by atoms with van der Waals surface area (Å²) in [4.78, 5) is 23.9. The molecule has 0 aromatic heterocycles. The van der Waals surface area contributed by atoms with Gasteiger partial charge in [0.1, 0.15) is 5.75 Å². The average molecular weight is 405 g/mol. The number of likely N-dealkylation sites (tertiary alicyclic amines) is 1. The molecular formula is C24H28N4O2. The van der Waals surface area contributed by atoms with Crippen molar-refractivity contribution >= 4 is 23.8 Å². The molecule has 2 aliphatic rings. The minimum Gasteiger partial charge on any atom is -0.497 e. The Labute approximate surface area is 177 Å². The van der Waals surface area contributed by atoms with E-state index >= 15 is 0 Å². The number of aliphatic imine (C=N–C) groups is 2. The number of anilines is 1. The summed E-state index contributed by atoms with van der Waals surface area (Å²) in [5, 5.41) is 3.24. The van der Waals surface area contributed by atoms with Crippen molar-refractivity contribution in [2.45, 2.75) is 25.7 Å². The van der Waals surface area contributed by atoms with Crippen LogP contribution in [0.5, 0.6) is 5.75 Å². The molecule has 2 aromatic rings. The monoisotopic (exact) mass is 404 g/mol. The highest BCUT2D eigenvalue weighted by Crippen LogP contribution is 2.22. The molecule has 2 atom stereocenters. The van der Waals surface area contributed by atoms with Crippen LogP contribution in [0.1, 0.15) is 41.6 Å². The van der Waals surface area contributed by atoms with Crippen LogP contribution < -0.4 is 10.1 Å². The van der Waals surface area contributed by atoms with Crippen molar-refractivity contribution < 1.29 is 9.53 Å². The summed E-state index contributed by atoms with van der Waals surface area (Å²) in [6.07, 6.45) is 4.19. The number of carbonyl (C=O) groups is 1. The molecule has 4 rings (SSSR count). The van der Waals surface area contributed by atoms with Crippen molar-refractivity contribution in [3.63, 3.8) is 0 Å². The maximum Gasteiger partial charge on any atom is 0.253 e. The molecule has 6 heteroatoms. The molecule has 30 heavy (non-hydrogen) atoms. The average Bonchev–Trinajstić information content (AvgIpc) is 2.79. The Morgan fingerprint density at radius 2 is 2.03 bits per heavy atom. The minimum atomic E-state index is 0.0962. The smallest absolute Gasteiger partial charge is 0.253 e. The van der Waals surface area contributed by atoms with Gasteiger partial charge in [0, 0.05) is 36.5 Å². The van der Waals surface area contributed by atoms with Crippen molar-refractivity contribution in [1.82, 2.24) is 4.90 Å². The zero-order valence-electron chi connectivity index (χ0n) is 17.5. The lowest BCUT2D eigenvalue weighted by molar-refractivity contribution is 0.0683. The van der Waals surface area contributed by atoms with Gasteiger partial charge in [0.2, 0.25) is 5.96 Å². The zero-order valence-corrected chi connectivity index (χ0v) is 17.5. The summed E-state index contributed by atoms with van der Waals surface area (Å²) in [6.45, 7) is 4.50. The first-order chi connectivity index (χ1) is 14.6. The van der Waals surface area contributed by atoms with Crippen molar-refractivity contribution in [2.75, 3.05) is 32.1 Å². The molecule has 1 fully saturated rings. The Morgan fingerprint density at radius 1 is 1.20 bits per heavy atom. The predicted octanol–water partition coefficient (Wildman–Crippen LogP) is 4.20. The first kappa shape index (κ1) is 20.1. The molecule has 1 N–H and O–H groups in total. The SMILES string of the molecule is COc1ccc(C2C=NC(Nc3cccc(C(=O)N4CCCC(C)C4)c3)=NC2)cc1. The number of piperidine rings is 1.